The molecule has 0 radical (unpaired) electrons. The first kappa shape index (κ1) is 23.4. The Morgan fingerprint density at radius 2 is 1.97 bits per heavy atom. The van der Waals surface area contributed by atoms with Crippen molar-refractivity contribution in [3.63, 3.8) is 0 Å². The van der Waals surface area contributed by atoms with Gasteiger partial charge >= 0.3 is 0 Å². The fraction of sp³-hybridized carbons (Fsp3) is 0.524. The Kier molecular flexibility index (Phi) is 6.73. The van der Waals surface area contributed by atoms with E-state index in [4.69, 9.17) is 9.15 Å². The maximum Gasteiger partial charge on any atom is 0.184 e. The van der Waals surface area contributed by atoms with Gasteiger partial charge in [0.1, 0.15) is 11.6 Å². The van der Waals surface area contributed by atoms with Crippen LogP contribution in [-0.4, -0.2) is 77.4 Å². The number of nitrogens with one attached hydrogen (secondary N) is 1. The highest BCUT2D eigenvalue weighted by Gasteiger charge is 2.46. The number of morpholine rings is 1. The molecule has 11 heteroatoms. The van der Waals surface area contributed by atoms with E-state index < -0.39 is 42.5 Å². The van der Waals surface area contributed by atoms with Crippen LogP contribution in [0.3, 0.4) is 0 Å². The number of furan rings is 1. The number of aryl methyl sites for hydroxylation is 1. The van der Waals surface area contributed by atoms with Gasteiger partial charge in [0.2, 0.25) is 0 Å². The van der Waals surface area contributed by atoms with Gasteiger partial charge in [-0.2, -0.15) is 0 Å². The second kappa shape index (κ2) is 9.22. The zero-order valence-electron chi connectivity index (χ0n) is 17.7. The first-order valence-electron chi connectivity index (χ1n) is 10.5. The molecular weight excluding hydrogens is 459 g/mol. The zero-order valence-corrected chi connectivity index (χ0v) is 19.4. The van der Waals surface area contributed by atoms with Gasteiger partial charge in [0.25, 0.3) is 0 Å². The van der Waals surface area contributed by atoms with Crippen LogP contribution in [0.25, 0.3) is 0 Å². The van der Waals surface area contributed by atoms with Crippen molar-refractivity contribution in [3.05, 3.63) is 53.7 Å². The summed E-state index contributed by atoms with van der Waals surface area (Å²) in [5.74, 6) is -0.561. The average Bonchev–Trinajstić information content (AvgIpc) is 3.37. The maximum atomic E-state index is 13.5. The van der Waals surface area contributed by atoms with Crippen LogP contribution in [0.4, 0.5) is 4.39 Å². The molecule has 1 aromatic heterocycles. The number of hydrogen-bond donors (Lipinski definition) is 1. The molecule has 0 amide bonds. The molecular formula is C21H27FN2O6S2. The number of benzene rings is 1. The van der Waals surface area contributed by atoms with Gasteiger partial charge in [0, 0.05) is 25.7 Å². The average molecular weight is 487 g/mol. The third-order valence-electron chi connectivity index (χ3n) is 6.07. The van der Waals surface area contributed by atoms with Gasteiger partial charge in [-0.05, 0) is 42.8 Å². The molecule has 2 aliphatic rings. The molecule has 176 valence electrons. The largest absolute Gasteiger partial charge is 0.468 e. The molecule has 3 atom stereocenters. The Labute approximate surface area is 187 Å². The van der Waals surface area contributed by atoms with Crippen LogP contribution < -0.4 is 5.32 Å². The van der Waals surface area contributed by atoms with Crippen LogP contribution in [0.2, 0.25) is 0 Å². The van der Waals surface area contributed by atoms with Crippen molar-refractivity contribution in [2.24, 2.45) is 0 Å². The zero-order chi connectivity index (χ0) is 22.9. The van der Waals surface area contributed by atoms with Crippen molar-refractivity contribution in [1.82, 2.24) is 10.2 Å². The summed E-state index contributed by atoms with van der Waals surface area (Å²) >= 11 is 0. The Balaban J connectivity index is 1.58. The third-order valence-corrected chi connectivity index (χ3v) is 10.4. The number of rotatable bonds is 7. The lowest BCUT2D eigenvalue weighted by Gasteiger charge is -2.34. The van der Waals surface area contributed by atoms with Crippen molar-refractivity contribution in [3.8, 4) is 0 Å². The minimum atomic E-state index is -4.00. The predicted molar refractivity (Wildman–Crippen MR) is 116 cm³/mol. The van der Waals surface area contributed by atoms with Crippen LogP contribution in [-0.2, 0) is 24.4 Å². The molecule has 0 spiro atoms. The quantitative estimate of drug-likeness (QED) is 0.585. The molecule has 2 fully saturated rings. The lowest BCUT2D eigenvalue weighted by molar-refractivity contribution is 0.0113. The van der Waals surface area contributed by atoms with Crippen LogP contribution in [0, 0.1) is 12.7 Å². The monoisotopic (exact) mass is 486 g/mol. The van der Waals surface area contributed by atoms with Crippen LogP contribution in [0.1, 0.15) is 17.4 Å². The highest BCUT2D eigenvalue weighted by molar-refractivity contribution is 7.96. The van der Waals surface area contributed by atoms with E-state index in [1.54, 1.807) is 12.3 Å². The Bertz CT molecular complexity index is 1140. The molecule has 0 aliphatic carbocycles. The molecule has 0 bridgehead atoms. The number of halogens is 1. The minimum Gasteiger partial charge on any atom is -0.468 e. The Hall–Kier alpha value is -1.79. The van der Waals surface area contributed by atoms with E-state index in [0.717, 1.165) is 12.1 Å². The van der Waals surface area contributed by atoms with Gasteiger partial charge in [-0.3, -0.25) is 4.90 Å². The lowest BCUT2D eigenvalue weighted by atomic mass is 10.1. The molecule has 32 heavy (non-hydrogen) atoms. The van der Waals surface area contributed by atoms with Crippen LogP contribution in [0.15, 0.2) is 45.9 Å². The van der Waals surface area contributed by atoms with Crippen LogP contribution >= 0.6 is 0 Å². The third kappa shape index (κ3) is 4.91. The summed E-state index contributed by atoms with van der Waals surface area (Å²) < 4.78 is 76.1. The summed E-state index contributed by atoms with van der Waals surface area (Å²) in [6, 6.07) is 6.10. The fourth-order valence-corrected chi connectivity index (χ4v) is 9.39. The van der Waals surface area contributed by atoms with E-state index in [1.165, 1.54) is 13.0 Å². The normalized spacial score (nSPS) is 25.1. The topological polar surface area (TPSA) is 106 Å². The summed E-state index contributed by atoms with van der Waals surface area (Å²) in [7, 11) is -7.55. The number of hydrogen-bond acceptors (Lipinski definition) is 8. The molecule has 4 rings (SSSR count). The molecule has 1 aromatic carbocycles. The van der Waals surface area contributed by atoms with Gasteiger partial charge in [-0.25, -0.2) is 21.2 Å². The molecule has 2 aromatic rings. The van der Waals surface area contributed by atoms with Gasteiger partial charge in [-0.1, -0.05) is 0 Å². The number of sulfone groups is 2. The van der Waals surface area contributed by atoms with E-state index in [9.17, 15) is 21.2 Å². The smallest absolute Gasteiger partial charge is 0.184 e. The fourth-order valence-electron chi connectivity index (χ4n) is 4.45. The Morgan fingerprint density at radius 3 is 2.62 bits per heavy atom. The highest BCUT2D eigenvalue weighted by Crippen LogP contribution is 2.29. The van der Waals surface area contributed by atoms with Crippen LogP contribution in [0.5, 0.6) is 0 Å². The Morgan fingerprint density at radius 1 is 1.22 bits per heavy atom. The highest BCUT2D eigenvalue weighted by atomic mass is 32.2. The van der Waals surface area contributed by atoms with Gasteiger partial charge < -0.3 is 14.5 Å². The second-order valence-electron chi connectivity index (χ2n) is 8.26. The summed E-state index contributed by atoms with van der Waals surface area (Å²) in [5.41, 5.74) is 0.259. The molecule has 0 saturated carbocycles. The lowest BCUT2D eigenvalue weighted by Crippen LogP contribution is -2.48. The van der Waals surface area contributed by atoms with E-state index in [1.807, 2.05) is 6.07 Å². The molecule has 2 saturated heterocycles. The first-order chi connectivity index (χ1) is 15.2. The van der Waals surface area contributed by atoms with E-state index in [2.05, 4.69) is 10.2 Å². The van der Waals surface area contributed by atoms with Crippen molar-refractivity contribution >= 4 is 19.7 Å². The van der Waals surface area contributed by atoms with Gasteiger partial charge in [0.05, 0.1) is 47.2 Å². The first-order valence-corrected chi connectivity index (χ1v) is 13.8. The molecule has 1 unspecified atom stereocenters. The van der Waals surface area contributed by atoms with E-state index in [-0.39, 0.29) is 22.3 Å². The minimum absolute atomic E-state index is 0.0384. The van der Waals surface area contributed by atoms with Crippen molar-refractivity contribution < 1.29 is 30.4 Å². The molecule has 2 aliphatic heterocycles. The van der Waals surface area contributed by atoms with Crippen molar-refractivity contribution in [1.29, 1.82) is 0 Å². The SMILES string of the molecule is Cc1cc(F)ccc1S(=O)(=O)[C@H]1CS(=O)(=O)C[C@@H]1NCC(c1ccco1)N1CCOCC1. The summed E-state index contributed by atoms with van der Waals surface area (Å²) in [5, 5.41) is 2.05. The summed E-state index contributed by atoms with van der Waals surface area (Å²) in [4.78, 5) is 2.13. The summed E-state index contributed by atoms with van der Waals surface area (Å²) in [6.45, 7) is 4.36. The predicted octanol–water partition coefficient (Wildman–Crippen LogP) is 1.33. The van der Waals surface area contributed by atoms with E-state index >= 15 is 0 Å². The van der Waals surface area contributed by atoms with E-state index in [0.29, 0.717) is 38.6 Å². The van der Waals surface area contributed by atoms with Crippen molar-refractivity contribution in [2.75, 3.05) is 44.4 Å². The second-order valence-corrected chi connectivity index (χ2v) is 12.6. The molecule has 3 heterocycles. The standard InChI is InChI=1S/C21H27FN2O6S2/c1-15-11-16(22)4-5-20(15)32(27,28)21-14-31(25,26)13-17(21)23-12-18(19-3-2-8-30-19)24-6-9-29-10-7-24/h2-5,8,11,17-18,21,23H,6-7,9-10,12-14H2,1H3/t17-,18?,21-/m0/s1. The molecule has 8 nitrogen and oxygen atoms in total. The van der Waals surface area contributed by atoms with Gasteiger partial charge in [-0.15, -0.1) is 0 Å². The molecule has 1 N–H and O–H groups in total. The van der Waals surface area contributed by atoms with Crippen molar-refractivity contribution in [2.45, 2.75) is 29.2 Å². The maximum absolute atomic E-state index is 13.5. The summed E-state index contributed by atoms with van der Waals surface area (Å²) in [6.07, 6.45) is 1.58. The number of nitrogens with zero attached hydrogens (tertiary/aromatic N) is 1. The van der Waals surface area contributed by atoms with Gasteiger partial charge in [0.15, 0.2) is 19.7 Å². The number of ether oxygens (including phenoxy) is 1.